The number of ether oxygens (including phenoxy) is 1. The van der Waals surface area contributed by atoms with Crippen LogP contribution in [0.2, 0.25) is 0 Å². The van der Waals surface area contributed by atoms with Crippen molar-refractivity contribution < 1.29 is 4.74 Å². The molecule has 28 heavy (non-hydrogen) atoms. The number of guanidine groups is 1. The van der Waals surface area contributed by atoms with E-state index >= 15 is 0 Å². The van der Waals surface area contributed by atoms with Crippen molar-refractivity contribution >= 4 is 5.96 Å². The standard InChI is InChI=1S/C20H31N7O/c1-4-21-20(23-14-19-24-15-25-26(19)3)22-13-18(27-9-11-28-12-10-27)17-7-5-16(2)6-8-17/h5-8,15,18H,4,9-14H2,1-3H3,(H2,21,22,23). The van der Waals surface area contributed by atoms with Crippen LogP contribution in [-0.2, 0) is 18.3 Å². The predicted octanol–water partition coefficient (Wildman–Crippen LogP) is 1.25. The molecule has 8 nitrogen and oxygen atoms in total. The minimum atomic E-state index is 0.267. The molecule has 0 aliphatic carbocycles. The summed E-state index contributed by atoms with van der Waals surface area (Å²) in [5, 5.41) is 10.9. The quantitative estimate of drug-likeness (QED) is 0.552. The van der Waals surface area contributed by atoms with Crippen LogP contribution in [0.15, 0.2) is 35.6 Å². The highest BCUT2D eigenvalue weighted by Crippen LogP contribution is 2.21. The van der Waals surface area contributed by atoms with Gasteiger partial charge in [0.25, 0.3) is 0 Å². The van der Waals surface area contributed by atoms with Crippen molar-refractivity contribution in [2.24, 2.45) is 12.0 Å². The normalized spacial score (nSPS) is 16.8. The number of benzene rings is 1. The van der Waals surface area contributed by atoms with E-state index < -0.39 is 0 Å². The van der Waals surface area contributed by atoms with Gasteiger partial charge in [0.1, 0.15) is 18.7 Å². The second-order valence-electron chi connectivity index (χ2n) is 6.95. The Bertz CT molecular complexity index is 750. The molecule has 1 atom stereocenters. The Morgan fingerprint density at radius 1 is 1.21 bits per heavy atom. The number of nitrogens with one attached hydrogen (secondary N) is 2. The van der Waals surface area contributed by atoms with Crippen LogP contribution in [-0.4, -0.2) is 65.0 Å². The summed E-state index contributed by atoms with van der Waals surface area (Å²) < 4.78 is 7.29. The van der Waals surface area contributed by atoms with Crippen LogP contribution in [0.4, 0.5) is 0 Å². The van der Waals surface area contributed by atoms with E-state index in [1.54, 1.807) is 11.0 Å². The Morgan fingerprint density at radius 3 is 2.61 bits per heavy atom. The van der Waals surface area contributed by atoms with Crippen LogP contribution in [0, 0.1) is 6.92 Å². The van der Waals surface area contributed by atoms with E-state index in [1.807, 2.05) is 7.05 Å². The van der Waals surface area contributed by atoms with Gasteiger partial charge in [-0.1, -0.05) is 29.8 Å². The number of aliphatic imine (C=N–C) groups is 1. The van der Waals surface area contributed by atoms with Gasteiger partial charge >= 0.3 is 0 Å². The maximum Gasteiger partial charge on any atom is 0.191 e. The fraction of sp³-hybridized carbons (Fsp3) is 0.550. The average Bonchev–Trinajstić information content (AvgIpc) is 3.13. The van der Waals surface area contributed by atoms with Gasteiger partial charge in [0.15, 0.2) is 5.96 Å². The molecule has 3 rings (SSSR count). The van der Waals surface area contributed by atoms with Gasteiger partial charge in [-0.05, 0) is 19.4 Å². The lowest BCUT2D eigenvalue weighted by atomic mass is 10.0. The molecule has 1 fully saturated rings. The van der Waals surface area contributed by atoms with E-state index in [-0.39, 0.29) is 6.04 Å². The van der Waals surface area contributed by atoms with Gasteiger partial charge in [0.2, 0.25) is 0 Å². The first-order chi connectivity index (χ1) is 13.7. The van der Waals surface area contributed by atoms with E-state index in [0.717, 1.165) is 51.2 Å². The molecule has 1 saturated heterocycles. The largest absolute Gasteiger partial charge is 0.379 e. The van der Waals surface area contributed by atoms with Gasteiger partial charge in [-0.15, -0.1) is 0 Å². The molecule has 2 aromatic rings. The van der Waals surface area contributed by atoms with E-state index in [4.69, 9.17) is 4.74 Å². The number of morpholine rings is 1. The Balaban J connectivity index is 1.70. The number of hydrogen-bond donors (Lipinski definition) is 2. The summed E-state index contributed by atoms with van der Waals surface area (Å²) in [6.07, 6.45) is 1.55. The van der Waals surface area contributed by atoms with Crippen molar-refractivity contribution in [1.82, 2.24) is 30.3 Å². The Morgan fingerprint density at radius 2 is 1.96 bits per heavy atom. The topological polar surface area (TPSA) is 79.6 Å². The van der Waals surface area contributed by atoms with Crippen molar-refractivity contribution in [1.29, 1.82) is 0 Å². The summed E-state index contributed by atoms with van der Waals surface area (Å²) >= 11 is 0. The molecule has 1 aromatic carbocycles. The number of hydrogen-bond acceptors (Lipinski definition) is 5. The monoisotopic (exact) mass is 385 g/mol. The number of rotatable bonds is 7. The van der Waals surface area contributed by atoms with Crippen molar-refractivity contribution in [2.75, 3.05) is 39.4 Å². The van der Waals surface area contributed by atoms with Crippen molar-refractivity contribution in [3.63, 3.8) is 0 Å². The number of nitrogens with zero attached hydrogens (tertiary/aromatic N) is 5. The maximum absolute atomic E-state index is 5.55. The molecule has 0 amide bonds. The third-order valence-corrected chi connectivity index (χ3v) is 4.94. The molecule has 8 heteroatoms. The van der Waals surface area contributed by atoms with Gasteiger partial charge in [0, 0.05) is 33.2 Å². The summed E-state index contributed by atoms with van der Waals surface area (Å²) in [5.74, 6) is 1.62. The number of aryl methyl sites for hydroxylation is 2. The van der Waals surface area contributed by atoms with Crippen molar-refractivity contribution in [3.05, 3.63) is 47.5 Å². The Hall–Kier alpha value is -2.45. The maximum atomic E-state index is 5.55. The minimum Gasteiger partial charge on any atom is -0.379 e. The summed E-state index contributed by atoms with van der Waals surface area (Å²) in [6.45, 7) is 9.68. The minimum absolute atomic E-state index is 0.267. The fourth-order valence-electron chi connectivity index (χ4n) is 3.28. The SMILES string of the molecule is CCNC(=NCc1ncnn1C)NCC(c1ccc(C)cc1)N1CCOCC1. The Kier molecular flexibility index (Phi) is 7.39. The molecule has 2 heterocycles. The predicted molar refractivity (Wildman–Crippen MR) is 110 cm³/mol. The van der Waals surface area contributed by atoms with Gasteiger partial charge in [0.05, 0.1) is 19.3 Å². The van der Waals surface area contributed by atoms with Crippen LogP contribution in [0.5, 0.6) is 0 Å². The summed E-state index contributed by atoms with van der Waals surface area (Å²) in [4.78, 5) is 11.4. The van der Waals surface area contributed by atoms with E-state index in [1.165, 1.54) is 11.1 Å². The summed E-state index contributed by atoms with van der Waals surface area (Å²) in [7, 11) is 1.88. The first-order valence-electron chi connectivity index (χ1n) is 9.90. The van der Waals surface area contributed by atoms with E-state index in [9.17, 15) is 0 Å². The van der Waals surface area contributed by atoms with Gasteiger partial charge in [-0.3, -0.25) is 9.58 Å². The zero-order valence-corrected chi connectivity index (χ0v) is 17.1. The van der Waals surface area contributed by atoms with E-state index in [0.29, 0.717) is 6.54 Å². The molecule has 0 radical (unpaired) electrons. The molecular formula is C20H31N7O. The zero-order chi connectivity index (χ0) is 19.8. The molecule has 1 aromatic heterocycles. The van der Waals surface area contributed by atoms with Crippen LogP contribution in [0.25, 0.3) is 0 Å². The second-order valence-corrected chi connectivity index (χ2v) is 6.95. The highest BCUT2D eigenvalue weighted by atomic mass is 16.5. The molecule has 0 bridgehead atoms. The molecule has 1 aliphatic rings. The molecule has 1 unspecified atom stereocenters. The third-order valence-electron chi connectivity index (χ3n) is 4.94. The highest BCUT2D eigenvalue weighted by Gasteiger charge is 2.22. The number of aromatic nitrogens is 3. The van der Waals surface area contributed by atoms with Gasteiger partial charge in [-0.2, -0.15) is 5.10 Å². The first-order valence-corrected chi connectivity index (χ1v) is 9.90. The molecule has 2 N–H and O–H groups in total. The van der Waals surface area contributed by atoms with Crippen LogP contribution in [0.1, 0.15) is 29.9 Å². The smallest absolute Gasteiger partial charge is 0.191 e. The summed E-state index contributed by atoms with van der Waals surface area (Å²) in [5.41, 5.74) is 2.58. The molecule has 0 saturated carbocycles. The Labute approximate surface area is 167 Å². The van der Waals surface area contributed by atoms with Crippen molar-refractivity contribution in [3.8, 4) is 0 Å². The molecule has 152 valence electrons. The van der Waals surface area contributed by atoms with Gasteiger partial charge in [-0.25, -0.2) is 9.98 Å². The molecule has 1 aliphatic heterocycles. The highest BCUT2D eigenvalue weighted by molar-refractivity contribution is 5.79. The lowest BCUT2D eigenvalue weighted by Crippen LogP contribution is -2.46. The second kappa shape index (κ2) is 10.2. The lowest BCUT2D eigenvalue weighted by molar-refractivity contribution is 0.0170. The van der Waals surface area contributed by atoms with Gasteiger partial charge < -0.3 is 15.4 Å². The van der Waals surface area contributed by atoms with Crippen LogP contribution >= 0.6 is 0 Å². The fourth-order valence-corrected chi connectivity index (χ4v) is 3.28. The molecule has 0 spiro atoms. The van der Waals surface area contributed by atoms with Crippen molar-refractivity contribution in [2.45, 2.75) is 26.4 Å². The van der Waals surface area contributed by atoms with Crippen LogP contribution in [0.3, 0.4) is 0 Å². The average molecular weight is 386 g/mol. The summed E-state index contributed by atoms with van der Waals surface area (Å²) in [6, 6.07) is 9.07. The third kappa shape index (κ3) is 5.53. The molecular weight excluding hydrogens is 354 g/mol. The lowest BCUT2D eigenvalue weighted by Gasteiger charge is -2.35. The van der Waals surface area contributed by atoms with E-state index in [2.05, 4.69) is 68.7 Å². The van der Waals surface area contributed by atoms with Crippen LogP contribution < -0.4 is 10.6 Å². The first kappa shape index (κ1) is 20.3. The zero-order valence-electron chi connectivity index (χ0n) is 17.1.